The molecule has 0 saturated heterocycles. The van der Waals surface area contributed by atoms with Crippen molar-refractivity contribution in [3.05, 3.63) is 194 Å². The van der Waals surface area contributed by atoms with Crippen LogP contribution in [0, 0.1) is 0 Å². The van der Waals surface area contributed by atoms with Gasteiger partial charge in [-0.1, -0.05) is 133 Å². The largest absolute Gasteiger partial charge is 0.456 e. The summed E-state index contributed by atoms with van der Waals surface area (Å²) in [5, 5.41) is 9.66. The molecule has 0 spiro atoms. The van der Waals surface area contributed by atoms with Crippen molar-refractivity contribution >= 4 is 76.3 Å². The maximum absolute atomic E-state index is 6.39. The molecule has 3 heterocycles. The zero-order valence-corrected chi connectivity index (χ0v) is 29.8. The number of fused-ring (bicyclic) bond motifs is 11. The summed E-state index contributed by atoms with van der Waals surface area (Å²) in [7, 11) is 0. The summed E-state index contributed by atoms with van der Waals surface area (Å²) < 4.78 is 11.2. The molecule has 12 aromatic rings. The zero-order chi connectivity index (χ0) is 36.0. The first-order chi connectivity index (χ1) is 27.3. The quantitative estimate of drug-likeness (QED) is 0.179. The topological polar surface area (TPSA) is 23.0 Å². The number of aromatic nitrogens is 2. The third-order valence-corrected chi connectivity index (χ3v) is 11.5. The van der Waals surface area contributed by atoms with Crippen LogP contribution in [0.3, 0.4) is 0 Å². The lowest BCUT2D eigenvalue weighted by molar-refractivity contribution is 0.668. The molecule has 3 nitrogen and oxygen atoms in total. The van der Waals surface area contributed by atoms with E-state index in [0.29, 0.717) is 0 Å². The molecular formula is C52H32N2O. The molecule has 3 heteroatoms. The Bertz CT molecular complexity index is 3490. The summed E-state index contributed by atoms with van der Waals surface area (Å²) in [4.78, 5) is 0. The maximum Gasteiger partial charge on any atom is 0.137 e. The van der Waals surface area contributed by atoms with Gasteiger partial charge in [-0.3, -0.25) is 0 Å². The summed E-state index contributed by atoms with van der Waals surface area (Å²) in [6.45, 7) is 0. The van der Waals surface area contributed by atoms with E-state index in [-0.39, 0.29) is 0 Å². The SMILES string of the molecule is c1ccc(-c2ccccc2-n2c3ccccc3c3cc(-c4ccc5c(c4)c4ccc6ccccc6c4n5-c4ccc5c(c4)oc4ccccc45)ccc32)cc1. The molecule has 12 rings (SSSR count). The lowest BCUT2D eigenvalue weighted by Crippen LogP contribution is -1.97. The molecule has 0 amide bonds. The summed E-state index contributed by atoms with van der Waals surface area (Å²) in [5.74, 6) is 0. The number of nitrogens with zero attached hydrogens (tertiary/aromatic N) is 2. The molecule has 0 aliphatic heterocycles. The average Bonchev–Trinajstić information content (AvgIpc) is 3.91. The third kappa shape index (κ3) is 4.44. The fourth-order valence-corrected chi connectivity index (χ4v) is 9.02. The van der Waals surface area contributed by atoms with E-state index < -0.39 is 0 Å². The molecule has 55 heavy (non-hydrogen) atoms. The van der Waals surface area contributed by atoms with Crippen LogP contribution < -0.4 is 0 Å². The standard InChI is InChI=1S/C52H32N2O/c1-2-12-33(13-3-1)38-15-6-9-19-46(38)54-47-20-10-7-17-40(47)44-30-35(24-29-49(44)54)36-23-28-48-45(31-36)43-26-22-34-14-4-5-16-39(34)52(43)53(48)37-25-27-42-41-18-8-11-21-50(41)55-51(42)32-37/h1-32H. The molecule has 0 fully saturated rings. The number of furan rings is 1. The van der Waals surface area contributed by atoms with Gasteiger partial charge in [0.25, 0.3) is 0 Å². The molecule has 0 atom stereocenters. The maximum atomic E-state index is 6.39. The fraction of sp³-hybridized carbons (Fsp3) is 0. The van der Waals surface area contributed by atoms with Gasteiger partial charge in [0.05, 0.1) is 27.8 Å². The lowest BCUT2D eigenvalue weighted by Gasteiger charge is -2.14. The molecule has 0 bridgehead atoms. The van der Waals surface area contributed by atoms with Crippen LogP contribution in [0.2, 0.25) is 0 Å². The molecule has 0 aliphatic rings. The van der Waals surface area contributed by atoms with Crippen LogP contribution in [0.4, 0.5) is 0 Å². The van der Waals surface area contributed by atoms with E-state index in [1.807, 2.05) is 12.1 Å². The van der Waals surface area contributed by atoms with Gasteiger partial charge in [0.2, 0.25) is 0 Å². The predicted molar refractivity (Wildman–Crippen MR) is 231 cm³/mol. The predicted octanol–water partition coefficient (Wildman–Crippen LogP) is 14.3. The van der Waals surface area contributed by atoms with Crippen molar-refractivity contribution in [2.24, 2.45) is 0 Å². The molecule has 0 aliphatic carbocycles. The fourth-order valence-electron chi connectivity index (χ4n) is 9.02. The highest BCUT2D eigenvalue weighted by Gasteiger charge is 2.19. The van der Waals surface area contributed by atoms with Crippen LogP contribution in [0.5, 0.6) is 0 Å². The van der Waals surface area contributed by atoms with E-state index in [2.05, 4.69) is 191 Å². The van der Waals surface area contributed by atoms with E-state index in [0.717, 1.165) is 27.6 Å². The first-order valence-electron chi connectivity index (χ1n) is 18.8. The Morgan fingerprint density at radius 2 is 0.945 bits per heavy atom. The Hall–Kier alpha value is -7.36. The van der Waals surface area contributed by atoms with Gasteiger partial charge in [0.15, 0.2) is 0 Å². The minimum Gasteiger partial charge on any atom is -0.456 e. The van der Waals surface area contributed by atoms with Gasteiger partial charge in [0.1, 0.15) is 11.2 Å². The molecule has 256 valence electrons. The Kier molecular flexibility index (Phi) is 6.34. The smallest absolute Gasteiger partial charge is 0.137 e. The minimum absolute atomic E-state index is 0.893. The molecule has 0 N–H and O–H groups in total. The molecular weight excluding hydrogens is 669 g/mol. The van der Waals surface area contributed by atoms with Crippen molar-refractivity contribution in [2.75, 3.05) is 0 Å². The molecule has 3 aromatic heterocycles. The number of hydrogen-bond acceptors (Lipinski definition) is 1. The third-order valence-electron chi connectivity index (χ3n) is 11.5. The second kappa shape index (κ2) is 11.6. The highest BCUT2D eigenvalue weighted by atomic mass is 16.3. The second-order valence-electron chi connectivity index (χ2n) is 14.5. The van der Waals surface area contributed by atoms with E-state index in [1.165, 1.54) is 82.3 Å². The minimum atomic E-state index is 0.893. The Balaban J connectivity index is 1.07. The Morgan fingerprint density at radius 3 is 1.80 bits per heavy atom. The number of hydrogen-bond donors (Lipinski definition) is 0. The van der Waals surface area contributed by atoms with Gasteiger partial charge in [-0.05, 0) is 76.7 Å². The van der Waals surface area contributed by atoms with Gasteiger partial charge in [-0.15, -0.1) is 0 Å². The summed E-state index contributed by atoms with van der Waals surface area (Å²) >= 11 is 0. The average molecular weight is 701 g/mol. The van der Waals surface area contributed by atoms with E-state index in [1.54, 1.807) is 0 Å². The van der Waals surface area contributed by atoms with Gasteiger partial charge in [0, 0.05) is 55.0 Å². The molecule has 0 radical (unpaired) electrons. The first kappa shape index (κ1) is 30.1. The van der Waals surface area contributed by atoms with E-state index in [4.69, 9.17) is 4.42 Å². The van der Waals surface area contributed by atoms with Crippen molar-refractivity contribution in [3.8, 4) is 33.6 Å². The van der Waals surface area contributed by atoms with Crippen molar-refractivity contribution in [1.29, 1.82) is 0 Å². The second-order valence-corrected chi connectivity index (χ2v) is 14.5. The van der Waals surface area contributed by atoms with Crippen molar-refractivity contribution < 1.29 is 4.42 Å². The number of para-hydroxylation sites is 3. The van der Waals surface area contributed by atoms with Crippen molar-refractivity contribution in [3.63, 3.8) is 0 Å². The van der Waals surface area contributed by atoms with Crippen LogP contribution in [0.25, 0.3) is 110 Å². The number of rotatable bonds is 4. The van der Waals surface area contributed by atoms with Gasteiger partial charge in [-0.2, -0.15) is 0 Å². The molecule has 0 saturated carbocycles. The van der Waals surface area contributed by atoms with Crippen LogP contribution in [0.15, 0.2) is 199 Å². The molecule has 0 unspecified atom stereocenters. The number of benzene rings is 9. The summed E-state index contributed by atoms with van der Waals surface area (Å²) in [6.07, 6.45) is 0. The monoisotopic (exact) mass is 700 g/mol. The summed E-state index contributed by atoms with van der Waals surface area (Å²) in [5.41, 5.74) is 13.6. The van der Waals surface area contributed by atoms with E-state index >= 15 is 0 Å². The summed E-state index contributed by atoms with van der Waals surface area (Å²) in [6, 6.07) is 70.3. The van der Waals surface area contributed by atoms with Crippen LogP contribution in [-0.2, 0) is 0 Å². The van der Waals surface area contributed by atoms with Crippen LogP contribution in [-0.4, -0.2) is 9.13 Å². The highest BCUT2D eigenvalue weighted by Crippen LogP contribution is 2.42. The zero-order valence-electron chi connectivity index (χ0n) is 29.8. The van der Waals surface area contributed by atoms with Crippen LogP contribution in [0.1, 0.15) is 0 Å². The van der Waals surface area contributed by atoms with Crippen molar-refractivity contribution in [1.82, 2.24) is 9.13 Å². The molecule has 9 aromatic carbocycles. The van der Waals surface area contributed by atoms with Gasteiger partial charge < -0.3 is 13.6 Å². The van der Waals surface area contributed by atoms with Gasteiger partial charge >= 0.3 is 0 Å². The normalized spacial score (nSPS) is 12.0. The lowest BCUT2D eigenvalue weighted by atomic mass is 10.00. The Labute approximate surface area is 316 Å². The highest BCUT2D eigenvalue weighted by molar-refractivity contribution is 6.20. The van der Waals surface area contributed by atoms with Gasteiger partial charge in [-0.25, -0.2) is 0 Å². The van der Waals surface area contributed by atoms with Crippen molar-refractivity contribution in [2.45, 2.75) is 0 Å². The Morgan fingerprint density at radius 1 is 0.327 bits per heavy atom. The first-order valence-corrected chi connectivity index (χ1v) is 18.8. The van der Waals surface area contributed by atoms with E-state index in [9.17, 15) is 0 Å². The van der Waals surface area contributed by atoms with Crippen LogP contribution >= 0.6 is 0 Å².